The second-order valence-electron chi connectivity index (χ2n) is 6.49. The molecule has 1 aliphatic rings. The quantitative estimate of drug-likeness (QED) is 0.676. The minimum atomic E-state index is -4.02. The summed E-state index contributed by atoms with van der Waals surface area (Å²) in [7, 11) is -4.02. The smallest absolute Gasteiger partial charge is 0.244 e. The third kappa shape index (κ3) is 4.53. The van der Waals surface area contributed by atoms with Gasteiger partial charge in [-0.2, -0.15) is 4.31 Å². The van der Waals surface area contributed by atoms with Gasteiger partial charge >= 0.3 is 0 Å². The van der Waals surface area contributed by atoms with Crippen LogP contribution in [0.2, 0.25) is 10.0 Å². The van der Waals surface area contributed by atoms with Crippen molar-refractivity contribution in [3.8, 4) is 0 Å². The van der Waals surface area contributed by atoms with Gasteiger partial charge in [0.2, 0.25) is 15.9 Å². The molecule has 0 bridgehead atoms. The molecular formula is C18H15Cl2F3N2O3S. The van der Waals surface area contributed by atoms with Crippen LogP contribution in [0.3, 0.4) is 0 Å². The summed E-state index contributed by atoms with van der Waals surface area (Å²) in [6, 6.07) is 5.61. The van der Waals surface area contributed by atoms with Crippen LogP contribution in [0.25, 0.3) is 0 Å². The summed E-state index contributed by atoms with van der Waals surface area (Å²) in [6.07, 6.45) is 0.711. The number of nitrogens with one attached hydrogen (secondary N) is 1. The van der Waals surface area contributed by atoms with Crippen LogP contribution < -0.4 is 5.32 Å². The van der Waals surface area contributed by atoms with Crippen molar-refractivity contribution in [2.45, 2.75) is 17.7 Å². The number of anilines is 1. The van der Waals surface area contributed by atoms with Gasteiger partial charge in [0, 0.05) is 18.1 Å². The summed E-state index contributed by atoms with van der Waals surface area (Å²) in [5, 5.41) is 2.37. The van der Waals surface area contributed by atoms with E-state index < -0.39 is 45.0 Å². The third-order valence-electron chi connectivity index (χ3n) is 4.56. The molecule has 3 rings (SSSR count). The highest BCUT2D eigenvalue weighted by atomic mass is 35.5. The van der Waals surface area contributed by atoms with Crippen molar-refractivity contribution in [2.24, 2.45) is 5.92 Å². The molecule has 0 spiro atoms. The van der Waals surface area contributed by atoms with Gasteiger partial charge < -0.3 is 5.32 Å². The Hall–Kier alpha value is -1.81. The van der Waals surface area contributed by atoms with E-state index in [4.69, 9.17) is 23.2 Å². The third-order valence-corrected chi connectivity index (χ3v) is 7.14. The molecule has 11 heteroatoms. The van der Waals surface area contributed by atoms with Crippen LogP contribution in [0.15, 0.2) is 35.2 Å². The molecule has 1 saturated heterocycles. The molecule has 5 nitrogen and oxygen atoms in total. The molecule has 0 radical (unpaired) electrons. The Morgan fingerprint density at radius 1 is 1.10 bits per heavy atom. The number of benzene rings is 2. The van der Waals surface area contributed by atoms with Crippen molar-refractivity contribution >= 4 is 44.8 Å². The van der Waals surface area contributed by atoms with Crippen molar-refractivity contribution in [1.29, 1.82) is 0 Å². The van der Waals surface area contributed by atoms with Gasteiger partial charge in [-0.3, -0.25) is 4.79 Å². The van der Waals surface area contributed by atoms with E-state index >= 15 is 0 Å². The molecule has 1 fully saturated rings. The summed E-state index contributed by atoms with van der Waals surface area (Å²) in [6.45, 7) is -0.0171. The predicted molar refractivity (Wildman–Crippen MR) is 103 cm³/mol. The van der Waals surface area contributed by atoms with Crippen molar-refractivity contribution in [2.75, 3.05) is 18.4 Å². The van der Waals surface area contributed by atoms with E-state index in [2.05, 4.69) is 5.32 Å². The van der Waals surface area contributed by atoms with E-state index in [1.165, 1.54) is 18.2 Å². The lowest BCUT2D eigenvalue weighted by atomic mass is 9.98. The Balaban J connectivity index is 1.79. The number of carbonyl (C=O) groups is 1. The normalized spacial score (nSPS) is 17.9. The molecule has 1 heterocycles. The maximum atomic E-state index is 13.8. The van der Waals surface area contributed by atoms with E-state index in [1.807, 2.05) is 0 Å². The van der Waals surface area contributed by atoms with E-state index in [9.17, 15) is 26.4 Å². The lowest BCUT2D eigenvalue weighted by molar-refractivity contribution is -0.120. The van der Waals surface area contributed by atoms with E-state index in [0.717, 1.165) is 10.4 Å². The molecular weight excluding hydrogens is 452 g/mol. The van der Waals surface area contributed by atoms with Crippen LogP contribution in [0.4, 0.5) is 18.9 Å². The summed E-state index contributed by atoms with van der Waals surface area (Å²) in [5.41, 5.74) is -0.522. The lowest BCUT2D eigenvalue weighted by Gasteiger charge is -2.31. The standard InChI is InChI=1S/C18H15Cl2F3N2O3S/c19-11-3-4-12(20)15(8-11)29(27,28)25-7-1-2-10(9-25)18(26)24-14-6-5-13(21)16(22)17(14)23/h3-6,8,10H,1-2,7,9H2,(H,24,26). The Morgan fingerprint density at radius 2 is 1.83 bits per heavy atom. The Morgan fingerprint density at radius 3 is 2.55 bits per heavy atom. The first-order valence-electron chi connectivity index (χ1n) is 8.51. The molecule has 156 valence electrons. The zero-order valence-electron chi connectivity index (χ0n) is 14.8. The average Bonchev–Trinajstić information content (AvgIpc) is 2.70. The maximum Gasteiger partial charge on any atom is 0.244 e. The van der Waals surface area contributed by atoms with E-state index in [0.29, 0.717) is 18.9 Å². The number of piperidine rings is 1. The fourth-order valence-corrected chi connectivity index (χ4v) is 5.31. The predicted octanol–water partition coefficient (Wildman–Crippen LogP) is 4.45. The van der Waals surface area contributed by atoms with Gasteiger partial charge in [0.25, 0.3) is 0 Å². The molecule has 0 aliphatic carbocycles. The molecule has 1 amide bonds. The first-order chi connectivity index (χ1) is 13.6. The molecule has 2 aromatic rings. The Kier molecular flexibility index (Phi) is 6.42. The zero-order chi connectivity index (χ0) is 21.3. The van der Waals surface area contributed by atoms with Gasteiger partial charge in [-0.05, 0) is 43.2 Å². The van der Waals surface area contributed by atoms with Crippen LogP contribution >= 0.6 is 23.2 Å². The van der Waals surface area contributed by atoms with Gasteiger partial charge in [0.1, 0.15) is 4.90 Å². The van der Waals surface area contributed by atoms with E-state index in [1.54, 1.807) is 0 Å². The van der Waals surface area contributed by atoms with Crippen molar-refractivity contribution in [3.05, 3.63) is 57.8 Å². The Labute approximate surface area is 175 Å². The minimum Gasteiger partial charge on any atom is -0.323 e. The summed E-state index contributed by atoms with van der Waals surface area (Å²) >= 11 is 11.9. The second-order valence-corrected chi connectivity index (χ2v) is 9.24. The van der Waals surface area contributed by atoms with Crippen molar-refractivity contribution in [1.82, 2.24) is 4.31 Å². The molecule has 1 aliphatic heterocycles. The maximum absolute atomic E-state index is 13.8. The fourth-order valence-electron chi connectivity index (χ4n) is 3.05. The number of hydrogen-bond donors (Lipinski definition) is 1. The summed E-state index contributed by atoms with van der Waals surface area (Å²) in [4.78, 5) is 12.3. The summed E-state index contributed by atoms with van der Waals surface area (Å²) in [5.74, 6) is -6.12. The largest absolute Gasteiger partial charge is 0.323 e. The van der Waals surface area contributed by atoms with Crippen molar-refractivity contribution < 1.29 is 26.4 Å². The van der Waals surface area contributed by atoms with Crippen molar-refractivity contribution in [3.63, 3.8) is 0 Å². The highest BCUT2D eigenvalue weighted by molar-refractivity contribution is 7.89. The van der Waals surface area contributed by atoms with Gasteiger partial charge in [-0.25, -0.2) is 21.6 Å². The van der Waals surface area contributed by atoms with Crippen LogP contribution in [-0.2, 0) is 14.8 Å². The molecule has 1 unspecified atom stereocenters. The van der Waals surface area contributed by atoms with Gasteiger partial charge in [-0.15, -0.1) is 0 Å². The molecule has 0 aromatic heterocycles. The first-order valence-corrected chi connectivity index (χ1v) is 10.7. The number of amides is 1. The Bertz CT molecular complexity index is 1070. The fraction of sp³-hybridized carbons (Fsp3) is 0.278. The number of sulfonamides is 1. The monoisotopic (exact) mass is 466 g/mol. The first kappa shape index (κ1) is 21.9. The molecule has 2 aromatic carbocycles. The number of carbonyl (C=O) groups excluding carboxylic acids is 1. The summed E-state index contributed by atoms with van der Waals surface area (Å²) < 4.78 is 67.1. The number of halogens is 5. The zero-order valence-corrected chi connectivity index (χ0v) is 17.1. The van der Waals surface area contributed by atoms with Crippen LogP contribution in [0.1, 0.15) is 12.8 Å². The topological polar surface area (TPSA) is 66.5 Å². The lowest BCUT2D eigenvalue weighted by Crippen LogP contribution is -2.43. The van der Waals surface area contributed by atoms with E-state index in [-0.39, 0.29) is 28.0 Å². The SMILES string of the molecule is O=C(Nc1ccc(F)c(F)c1F)C1CCCN(S(=O)(=O)c2cc(Cl)ccc2Cl)C1. The molecule has 0 saturated carbocycles. The minimum absolute atomic E-state index is 0.00941. The van der Waals surface area contributed by atoms with Crippen LogP contribution in [0, 0.1) is 23.4 Å². The number of rotatable bonds is 4. The average molecular weight is 467 g/mol. The van der Waals surface area contributed by atoms with Gasteiger partial charge in [0.15, 0.2) is 17.5 Å². The van der Waals surface area contributed by atoms with Crippen LogP contribution in [-0.4, -0.2) is 31.7 Å². The van der Waals surface area contributed by atoms with Crippen LogP contribution in [0.5, 0.6) is 0 Å². The van der Waals surface area contributed by atoms with Gasteiger partial charge in [0.05, 0.1) is 16.6 Å². The highest BCUT2D eigenvalue weighted by Crippen LogP contribution is 2.31. The number of hydrogen-bond acceptors (Lipinski definition) is 3. The molecule has 29 heavy (non-hydrogen) atoms. The molecule has 1 N–H and O–H groups in total. The van der Waals surface area contributed by atoms with Gasteiger partial charge in [-0.1, -0.05) is 23.2 Å². The molecule has 1 atom stereocenters. The highest BCUT2D eigenvalue weighted by Gasteiger charge is 2.34. The number of nitrogens with zero attached hydrogens (tertiary/aromatic N) is 1. The second kappa shape index (κ2) is 8.51.